The quantitative estimate of drug-likeness (QED) is 0.690. The molecule has 0 aromatic carbocycles. The van der Waals surface area contributed by atoms with Gasteiger partial charge in [-0.2, -0.15) is 0 Å². The second-order valence-electron chi connectivity index (χ2n) is 4.61. The summed E-state index contributed by atoms with van der Waals surface area (Å²) >= 11 is 0. The first-order valence-electron chi connectivity index (χ1n) is 6.80. The van der Waals surface area contributed by atoms with Crippen LogP contribution in [-0.2, 0) is 11.3 Å². The molecule has 0 fully saturated rings. The van der Waals surface area contributed by atoms with E-state index < -0.39 is 0 Å². The maximum absolute atomic E-state index is 12.1. The van der Waals surface area contributed by atoms with E-state index in [2.05, 4.69) is 9.97 Å². The van der Waals surface area contributed by atoms with Gasteiger partial charge in [-0.3, -0.25) is 4.98 Å². The van der Waals surface area contributed by atoms with Gasteiger partial charge in [0.1, 0.15) is 11.3 Å². The van der Waals surface area contributed by atoms with Crippen LogP contribution >= 0.6 is 0 Å². The number of carbonyl (C=O) groups excluding carboxylic acids is 1. The van der Waals surface area contributed by atoms with Crippen molar-refractivity contribution in [2.45, 2.75) is 13.5 Å². The van der Waals surface area contributed by atoms with E-state index in [1.165, 1.54) is 0 Å². The van der Waals surface area contributed by atoms with Gasteiger partial charge in [0.15, 0.2) is 0 Å². The second-order valence-corrected chi connectivity index (χ2v) is 4.61. The number of rotatable bonds is 4. The highest BCUT2D eigenvalue weighted by Gasteiger charge is 2.17. The molecule has 5 nitrogen and oxygen atoms in total. The summed E-state index contributed by atoms with van der Waals surface area (Å²) in [5.74, 6) is -0.329. The first kappa shape index (κ1) is 13.3. The van der Waals surface area contributed by atoms with Gasteiger partial charge in [-0.05, 0) is 42.8 Å². The minimum Gasteiger partial charge on any atom is -0.461 e. The van der Waals surface area contributed by atoms with Crippen LogP contribution in [0.3, 0.4) is 0 Å². The molecule has 0 aliphatic carbocycles. The fourth-order valence-corrected chi connectivity index (χ4v) is 2.29. The number of hydrogen-bond donors (Lipinski definition) is 0. The lowest BCUT2D eigenvalue weighted by atomic mass is 10.2. The van der Waals surface area contributed by atoms with Crippen molar-refractivity contribution in [1.29, 1.82) is 0 Å². The third kappa shape index (κ3) is 2.63. The molecule has 0 aliphatic rings. The molecule has 3 rings (SSSR count). The fourth-order valence-electron chi connectivity index (χ4n) is 2.29. The molecular weight excluding hydrogens is 266 g/mol. The van der Waals surface area contributed by atoms with E-state index in [4.69, 9.17) is 4.74 Å². The highest BCUT2D eigenvalue weighted by atomic mass is 16.5. The standard InChI is InChI=1S/C16H15N3O2/c1-2-21-16(20)14-10-13-4-3-7-18-15(13)19(14)11-12-5-8-17-9-6-12/h3-10H,2,11H2,1H3. The Hall–Kier alpha value is -2.69. The molecule has 3 heterocycles. The Kier molecular flexibility index (Phi) is 3.64. The average molecular weight is 281 g/mol. The van der Waals surface area contributed by atoms with Gasteiger partial charge >= 0.3 is 5.97 Å². The Morgan fingerprint density at radius 1 is 1.24 bits per heavy atom. The summed E-state index contributed by atoms with van der Waals surface area (Å²) in [6, 6.07) is 9.46. The van der Waals surface area contributed by atoms with Gasteiger partial charge in [0.2, 0.25) is 0 Å². The smallest absolute Gasteiger partial charge is 0.355 e. The molecule has 0 unspecified atom stereocenters. The molecule has 0 amide bonds. The van der Waals surface area contributed by atoms with Crippen molar-refractivity contribution < 1.29 is 9.53 Å². The number of ether oxygens (including phenoxy) is 1. The molecule has 0 spiro atoms. The normalized spacial score (nSPS) is 10.7. The van der Waals surface area contributed by atoms with Crippen molar-refractivity contribution in [3.05, 3.63) is 60.2 Å². The Morgan fingerprint density at radius 2 is 2.05 bits per heavy atom. The summed E-state index contributed by atoms with van der Waals surface area (Å²) < 4.78 is 7.01. The maximum Gasteiger partial charge on any atom is 0.355 e. The van der Waals surface area contributed by atoms with Crippen LogP contribution in [0.15, 0.2) is 48.9 Å². The number of nitrogens with zero attached hydrogens (tertiary/aromatic N) is 3. The predicted molar refractivity (Wildman–Crippen MR) is 79.0 cm³/mol. The number of esters is 1. The molecule has 106 valence electrons. The molecule has 3 aromatic rings. The third-order valence-corrected chi connectivity index (χ3v) is 3.23. The van der Waals surface area contributed by atoms with Gasteiger partial charge in [0, 0.05) is 30.5 Å². The van der Waals surface area contributed by atoms with Crippen LogP contribution in [0.2, 0.25) is 0 Å². The lowest BCUT2D eigenvalue weighted by molar-refractivity contribution is 0.0515. The zero-order chi connectivity index (χ0) is 14.7. The summed E-state index contributed by atoms with van der Waals surface area (Å²) in [6.07, 6.45) is 5.19. The predicted octanol–water partition coefficient (Wildman–Crippen LogP) is 2.66. The van der Waals surface area contributed by atoms with Gasteiger partial charge in [-0.25, -0.2) is 9.78 Å². The molecule has 0 N–H and O–H groups in total. The van der Waals surface area contributed by atoms with Gasteiger partial charge in [0.05, 0.1) is 6.61 Å². The van der Waals surface area contributed by atoms with Crippen molar-refractivity contribution in [2.75, 3.05) is 6.61 Å². The third-order valence-electron chi connectivity index (χ3n) is 3.23. The molecule has 3 aromatic heterocycles. The van der Waals surface area contributed by atoms with Crippen LogP contribution in [-0.4, -0.2) is 27.1 Å². The Morgan fingerprint density at radius 3 is 2.81 bits per heavy atom. The SMILES string of the molecule is CCOC(=O)c1cc2cccnc2n1Cc1ccncc1. The van der Waals surface area contributed by atoms with E-state index in [1.807, 2.05) is 34.9 Å². The minimum absolute atomic E-state index is 0.329. The van der Waals surface area contributed by atoms with Crippen LogP contribution < -0.4 is 0 Å². The zero-order valence-corrected chi connectivity index (χ0v) is 11.7. The Bertz CT molecular complexity index is 766. The van der Waals surface area contributed by atoms with Crippen molar-refractivity contribution in [2.24, 2.45) is 0 Å². The summed E-state index contributed by atoms with van der Waals surface area (Å²) in [7, 11) is 0. The lowest BCUT2D eigenvalue weighted by Gasteiger charge is -2.09. The van der Waals surface area contributed by atoms with Crippen LogP contribution in [0, 0.1) is 0 Å². The van der Waals surface area contributed by atoms with Crippen LogP contribution in [0.4, 0.5) is 0 Å². The van der Waals surface area contributed by atoms with E-state index in [1.54, 1.807) is 25.5 Å². The highest BCUT2D eigenvalue weighted by Crippen LogP contribution is 2.20. The monoisotopic (exact) mass is 281 g/mol. The van der Waals surface area contributed by atoms with Gasteiger partial charge in [-0.1, -0.05) is 0 Å². The first-order chi connectivity index (χ1) is 10.3. The molecular formula is C16H15N3O2. The molecule has 0 atom stereocenters. The molecule has 0 bridgehead atoms. The molecule has 0 aliphatic heterocycles. The number of pyridine rings is 2. The molecule has 0 saturated heterocycles. The van der Waals surface area contributed by atoms with Crippen LogP contribution in [0.25, 0.3) is 11.0 Å². The van der Waals surface area contributed by atoms with E-state index in [9.17, 15) is 4.79 Å². The van der Waals surface area contributed by atoms with Crippen molar-refractivity contribution >= 4 is 17.0 Å². The van der Waals surface area contributed by atoms with Gasteiger partial charge in [-0.15, -0.1) is 0 Å². The van der Waals surface area contributed by atoms with E-state index in [0.29, 0.717) is 18.8 Å². The van der Waals surface area contributed by atoms with Crippen molar-refractivity contribution in [3.8, 4) is 0 Å². The number of carbonyl (C=O) groups is 1. The summed E-state index contributed by atoms with van der Waals surface area (Å²) in [5.41, 5.74) is 2.35. The molecule has 0 saturated carbocycles. The summed E-state index contributed by atoms with van der Waals surface area (Å²) in [5, 5.41) is 0.926. The molecule has 5 heteroatoms. The number of aromatic nitrogens is 3. The second kappa shape index (κ2) is 5.75. The molecule has 0 radical (unpaired) electrons. The fraction of sp³-hybridized carbons (Fsp3) is 0.188. The highest BCUT2D eigenvalue weighted by molar-refractivity contribution is 5.94. The summed E-state index contributed by atoms with van der Waals surface area (Å²) in [4.78, 5) is 20.5. The largest absolute Gasteiger partial charge is 0.461 e. The van der Waals surface area contributed by atoms with Gasteiger partial charge < -0.3 is 9.30 Å². The Labute approximate surface area is 122 Å². The number of fused-ring (bicyclic) bond motifs is 1. The maximum atomic E-state index is 12.1. The van der Waals surface area contributed by atoms with Crippen LogP contribution in [0.1, 0.15) is 23.0 Å². The molecule has 21 heavy (non-hydrogen) atoms. The van der Waals surface area contributed by atoms with Crippen molar-refractivity contribution in [3.63, 3.8) is 0 Å². The average Bonchev–Trinajstić information content (AvgIpc) is 2.88. The lowest BCUT2D eigenvalue weighted by Crippen LogP contribution is -2.13. The Balaban J connectivity index is 2.09. The zero-order valence-electron chi connectivity index (χ0n) is 11.7. The topological polar surface area (TPSA) is 57.0 Å². The van der Waals surface area contributed by atoms with E-state index in [0.717, 1.165) is 16.6 Å². The van der Waals surface area contributed by atoms with E-state index in [-0.39, 0.29) is 5.97 Å². The summed E-state index contributed by atoms with van der Waals surface area (Å²) in [6.45, 7) is 2.70. The van der Waals surface area contributed by atoms with Crippen LogP contribution in [0.5, 0.6) is 0 Å². The number of hydrogen-bond acceptors (Lipinski definition) is 4. The minimum atomic E-state index is -0.329. The van der Waals surface area contributed by atoms with E-state index >= 15 is 0 Å². The van der Waals surface area contributed by atoms with Gasteiger partial charge in [0.25, 0.3) is 0 Å². The first-order valence-corrected chi connectivity index (χ1v) is 6.80. The van der Waals surface area contributed by atoms with Crippen molar-refractivity contribution in [1.82, 2.24) is 14.5 Å².